The second kappa shape index (κ2) is 6.99. The number of carbonyl (C=O) groups excluding carboxylic acids is 1. The van der Waals surface area contributed by atoms with Crippen molar-refractivity contribution in [2.75, 3.05) is 13.7 Å². The molecule has 1 amide bonds. The number of methoxy groups -OCH3 is 1. The normalized spacial score (nSPS) is 12.4. The van der Waals surface area contributed by atoms with Gasteiger partial charge in [-0.05, 0) is 12.8 Å². The highest BCUT2D eigenvalue weighted by atomic mass is 16.5. The second-order valence-corrected chi connectivity index (χ2v) is 4.88. The summed E-state index contributed by atoms with van der Waals surface area (Å²) in [6.45, 7) is 6.17. The van der Waals surface area contributed by atoms with Gasteiger partial charge in [0, 0.05) is 13.7 Å². The smallest absolute Gasteiger partial charge is 0.358 e. The van der Waals surface area contributed by atoms with Gasteiger partial charge in [0.2, 0.25) is 5.91 Å². The lowest BCUT2D eigenvalue weighted by molar-refractivity contribution is -0.124. The highest BCUT2D eigenvalue weighted by Crippen LogP contribution is 2.13. The van der Waals surface area contributed by atoms with Crippen LogP contribution in [-0.4, -0.2) is 45.6 Å². The summed E-state index contributed by atoms with van der Waals surface area (Å²) < 4.78 is 6.23. The van der Waals surface area contributed by atoms with Crippen LogP contribution in [0.25, 0.3) is 0 Å². The van der Waals surface area contributed by atoms with Gasteiger partial charge in [0.15, 0.2) is 5.69 Å². The summed E-state index contributed by atoms with van der Waals surface area (Å²) in [5.41, 5.74) is 0.0718. The van der Waals surface area contributed by atoms with Crippen molar-refractivity contribution in [3.05, 3.63) is 11.4 Å². The third-order valence-corrected chi connectivity index (χ3v) is 2.71. The van der Waals surface area contributed by atoms with Crippen molar-refractivity contribution >= 4 is 11.9 Å². The molecule has 2 N–H and O–H groups in total. The molecule has 0 saturated carbocycles. The molecule has 0 spiro atoms. The van der Waals surface area contributed by atoms with Gasteiger partial charge in [-0.25, -0.2) is 9.48 Å². The number of nitrogens with zero attached hydrogens (tertiary/aromatic N) is 3. The third-order valence-electron chi connectivity index (χ3n) is 2.71. The fourth-order valence-corrected chi connectivity index (χ4v) is 1.63. The average Bonchev–Trinajstić information content (AvgIpc) is 2.79. The predicted octanol–water partition coefficient (Wildman–Crippen LogP) is 0.456. The minimum Gasteiger partial charge on any atom is -0.476 e. The zero-order valence-corrected chi connectivity index (χ0v) is 12.1. The molecule has 1 rings (SSSR count). The van der Waals surface area contributed by atoms with Crippen molar-refractivity contribution in [3.63, 3.8) is 0 Å². The van der Waals surface area contributed by atoms with Crippen LogP contribution >= 0.6 is 0 Å². The van der Waals surface area contributed by atoms with Gasteiger partial charge in [-0.2, -0.15) is 0 Å². The number of aromatic nitrogens is 3. The number of carboxylic acid groups (broad SMARTS) is 1. The van der Waals surface area contributed by atoms with E-state index in [1.54, 1.807) is 6.92 Å². The zero-order chi connectivity index (χ0) is 15.3. The molecule has 0 radical (unpaired) electrons. The molecule has 1 heterocycles. The minimum atomic E-state index is -1.20. The molecule has 20 heavy (non-hydrogen) atoms. The zero-order valence-electron chi connectivity index (χ0n) is 12.1. The van der Waals surface area contributed by atoms with Gasteiger partial charge < -0.3 is 15.2 Å². The van der Waals surface area contributed by atoms with E-state index in [1.807, 2.05) is 13.8 Å². The van der Waals surface area contributed by atoms with Crippen LogP contribution < -0.4 is 5.32 Å². The molecular weight excluding hydrogens is 264 g/mol. The largest absolute Gasteiger partial charge is 0.476 e. The lowest BCUT2D eigenvalue weighted by Gasteiger charge is -2.15. The van der Waals surface area contributed by atoms with E-state index in [9.17, 15) is 9.59 Å². The first-order chi connectivity index (χ1) is 9.38. The monoisotopic (exact) mass is 284 g/mol. The number of nitrogens with one attached hydrogen (secondary N) is 1. The number of aromatic carboxylic acids is 1. The summed E-state index contributed by atoms with van der Waals surface area (Å²) in [7, 11) is 1.44. The average molecular weight is 284 g/mol. The SMILES string of the molecule is COCc1c(C(=O)O)nnn1C(C)C(=O)NCC(C)C. The number of ether oxygens (including phenoxy) is 1. The van der Waals surface area contributed by atoms with Crippen LogP contribution in [0, 0.1) is 5.92 Å². The summed E-state index contributed by atoms with van der Waals surface area (Å²) in [6.07, 6.45) is 0. The van der Waals surface area contributed by atoms with E-state index < -0.39 is 12.0 Å². The standard InChI is InChI=1S/C12H20N4O4/c1-7(2)5-13-11(17)8(3)16-9(6-20-4)10(12(18)19)14-15-16/h7-8H,5-6H2,1-4H3,(H,13,17)(H,18,19). The summed E-state index contributed by atoms with van der Waals surface area (Å²) in [4.78, 5) is 23.0. The summed E-state index contributed by atoms with van der Waals surface area (Å²) in [5, 5.41) is 19.1. The van der Waals surface area contributed by atoms with E-state index in [1.165, 1.54) is 11.8 Å². The minimum absolute atomic E-state index is 0.0242. The van der Waals surface area contributed by atoms with Crippen molar-refractivity contribution in [1.29, 1.82) is 0 Å². The van der Waals surface area contributed by atoms with Crippen LogP contribution in [0.3, 0.4) is 0 Å². The van der Waals surface area contributed by atoms with Gasteiger partial charge in [-0.15, -0.1) is 5.10 Å². The maximum absolute atomic E-state index is 12.0. The maximum atomic E-state index is 12.0. The maximum Gasteiger partial charge on any atom is 0.358 e. The Hall–Kier alpha value is -1.96. The first-order valence-corrected chi connectivity index (χ1v) is 6.32. The Morgan fingerprint density at radius 1 is 1.40 bits per heavy atom. The molecule has 0 aliphatic rings. The van der Waals surface area contributed by atoms with Crippen LogP contribution in [0.4, 0.5) is 0 Å². The fraction of sp³-hybridized carbons (Fsp3) is 0.667. The van der Waals surface area contributed by atoms with Crippen LogP contribution in [0.1, 0.15) is 43.0 Å². The predicted molar refractivity (Wildman–Crippen MR) is 70.3 cm³/mol. The molecule has 0 aliphatic heterocycles. The lowest BCUT2D eigenvalue weighted by atomic mass is 10.2. The molecule has 1 atom stereocenters. The van der Waals surface area contributed by atoms with Crippen LogP contribution in [0.2, 0.25) is 0 Å². The third kappa shape index (κ3) is 3.77. The van der Waals surface area contributed by atoms with Crippen molar-refractivity contribution in [3.8, 4) is 0 Å². The first kappa shape index (κ1) is 16.1. The van der Waals surface area contributed by atoms with E-state index in [-0.39, 0.29) is 23.9 Å². The first-order valence-electron chi connectivity index (χ1n) is 6.32. The van der Waals surface area contributed by atoms with Gasteiger partial charge in [0.05, 0.1) is 6.61 Å². The van der Waals surface area contributed by atoms with Crippen molar-refractivity contribution < 1.29 is 19.4 Å². The molecule has 0 bridgehead atoms. The molecule has 112 valence electrons. The van der Waals surface area contributed by atoms with Crippen LogP contribution in [-0.2, 0) is 16.1 Å². The number of carboxylic acids is 1. The molecule has 0 aromatic carbocycles. The molecule has 0 fully saturated rings. The van der Waals surface area contributed by atoms with Gasteiger partial charge in [0.25, 0.3) is 0 Å². The van der Waals surface area contributed by atoms with Gasteiger partial charge in [-0.1, -0.05) is 19.1 Å². The molecule has 0 saturated heterocycles. The summed E-state index contributed by atoms with van der Waals surface area (Å²) in [5.74, 6) is -1.11. The Morgan fingerprint density at radius 2 is 2.05 bits per heavy atom. The molecule has 1 aromatic heterocycles. The Bertz CT molecular complexity index is 484. The number of rotatable bonds is 7. The van der Waals surface area contributed by atoms with Gasteiger partial charge in [-0.3, -0.25) is 4.79 Å². The van der Waals surface area contributed by atoms with Crippen LogP contribution in [0.15, 0.2) is 0 Å². The van der Waals surface area contributed by atoms with Crippen LogP contribution in [0.5, 0.6) is 0 Å². The quantitative estimate of drug-likeness (QED) is 0.753. The Kier molecular flexibility index (Phi) is 5.63. The molecule has 8 nitrogen and oxygen atoms in total. The van der Waals surface area contributed by atoms with Crippen molar-refractivity contribution in [1.82, 2.24) is 20.3 Å². The van der Waals surface area contributed by atoms with Crippen molar-refractivity contribution in [2.24, 2.45) is 5.92 Å². The summed E-state index contributed by atoms with van der Waals surface area (Å²) in [6, 6.07) is -0.653. The number of hydrogen-bond donors (Lipinski definition) is 2. The molecular formula is C12H20N4O4. The molecule has 8 heteroatoms. The second-order valence-electron chi connectivity index (χ2n) is 4.88. The summed E-state index contributed by atoms with van der Waals surface area (Å²) >= 11 is 0. The lowest BCUT2D eigenvalue weighted by Crippen LogP contribution is -2.34. The number of amides is 1. The van der Waals surface area contributed by atoms with E-state index >= 15 is 0 Å². The highest BCUT2D eigenvalue weighted by molar-refractivity contribution is 5.87. The van der Waals surface area contributed by atoms with E-state index in [2.05, 4.69) is 15.6 Å². The van der Waals surface area contributed by atoms with E-state index in [4.69, 9.17) is 9.84 Å². The van der Waals surface area contributed by atoms with Crippen molar-refractivity contribution in [2.45, 2.75) is 33.4 Å². The molecule has 1 unspecified atom stereocenters. The number of carbonyl (C=O) groups is 2. The van der Waals surface area contributed by atoms with E-state index in [0.29, 0.717) is 12.5 Å². The molecule has 1 aromatic rings. The Balaban J connectivity index is 2.94. The Morgan fingerprint density at radius 3 is 2.55 bits per heavy atom. The number of hydrogen-bond acceptors (Lipinski definition) is 5. The van der Waals surface area contributed by atoms with Gasteiger partial charge >= 0.3 is 5.97 Å². The Labute approximate surface area is 117 Å². The topological polar surface area (TPSA) is 106 Å². The van der Waals surface area contributed by atoms with E-state index in [0.717, 1.165) is 0 Å². The van der Waals surface area contributed by atoms with Gasteiger partial charge in [0.1, 0.15) is 11.7 Å². The molecule has 0 aliphatic carbocycles. The fourth-order valence-electron chi connectivity index (χ4n) is 1.63. The highest BCUT2D eigenvalue weighted by Gasteiger charge is 2.25.